The quantitative estimate of drug-likeness (QED) is 0.875. The lowest BCUT2D eigenvalue weighted by molar-refractivity contribution is 0.394. The van der Waals surface area contributed by atoms with Crippen molar-refractivity contribution < 1.29 is 8.78 Å². The first kappa shape index (κ1) is 14.4. The van der Waals surface area contributed by atoms with Crippen molar-refractivity contribution in [3.63, 3.8) is 0 Å². The Morgan fingerprint density at radius 2 is 1.85 bits per heavy atom. The lowest BCUT2D eigenvalue weighted by atomic mass is 10.0. The van der Waals surface area contributed by atoms with E-state index in [4.69, 9.17) is 5.73 Å². The van der Waals surface area contributed by atoms with Crippen LogP contribution in [0.15, 0.2) is 12.1 Å². The molecule has 2 rings (SSSR count). The number of nitrogens with zero attached hydrogens (tertiary/aromatic N) is 4. The lowest BCUT2D eigenvalue weighted by Crippen LogP contribution is -2.12. The summed E-state index contributed by atoms with van der Waals surface area (Å²) in [5, 5.41) is 11.4. The Morgan fingerprint density at radius 3 is 2.50 bits per heavy atom. The van der Waals surface area contributed by atoms with Gasteiger partial charge in [-0.05, 0) is 35.8 Å². The maximum atomic E-state index is 13.4. The molecule has 2 aromatic rings. The number of aromatic nitrogens is 4. The van der Waals surface area contributed by atoms with E-state index in [1.54, 1.807) is 4.68 Å². The fraction of sp³-hybridized carbons (Fsp3) is 0.462. The first-order chi connectivity index (χ1) is 9.40. The summed E-state index contributed by atoms with van der Waals surface area (Å²) >= 11 is 0. The van der Waals surface area contributed by atoms with Crippen molar-refractivity contribution in [3.8, 4) is 11.4 Å². The van der Waals surface area contributed by atoms with E-state index in [1.165, 1.54) is 0 Å². The molecule has 0 radical (unpaired) electrons. The zero-order valence-corrected chi connectivity index (χ0v) is 11.6. The molecule has 5 nitrogen and oxygen atoms in total. The van der Waals surface area contributed by atoms with Crippen molar-refractivity contribution in [1.82, 2.24) is 20.2 Å². The molecule has 0 aliphatic carbocycles. The fourth-order valence-corrected chi connectivity index (χ4v) is 2.21. The average Bonchev–Trinajstić information content (AvgIpc) is 2.81. The molecule has 108 valence electrons. The molecule has 0 fully saturated rings. The number of hydrogen-bond acceptors (Lipinski definition) is 4. The minimum absolute atomic E-state index is 0.0347. The van der Waals surface area contributed by atoms with Crippen LogP contribution in [0.1, 0.15) is 33.2 Å². The predicted molar refractivity (Wildman–Crippen MR) is 71.7 cm³/mol. The van der Waals surface area contributed by atoms with E-state index in [0.29, 0.717) is 17.3 Å². The Morgan fingerprint density at radius 1 is 1.20 bits per heavy atom. The van der Waals surface area contributed by atoms with Crippen LogP contribution < -0.4 is 5.73 Å². The molecule has 1 unspecified atom stereocenters. The molecule has 0 saturated carbocycles. The highest BCUT2D eigenvalue weighted by Gasteiger charge is 2.19. The second-order valence-electron chi connectivity index (χ2n) is 5.28. The van der Waals surface area contributed by atoms with Gasteiger partial charge in [0.2, 0.25) is 0 Å². The minimum Gasteiger partial charge on any atom is -0.398 e. The number of nitrogens with two attached hydrogens (primary N) is 1. The average molecular weight is 281 g/mol. The summed E-state index contributed by atoms with van der Waals surface area (Å²) in [5.74, 6) is -1.15. The first-order valence-corrected chi connectivity index (χ1v) is 6.43. The largest absolute Gasteiger partial charge is 0.398 e. The highest BCUT2D eigenvalue weighted by atomic mass is 19.2. The number of anilines is 1. The second-order valence-corrected chi connectivity index (χ2v) is 5.28. The van der Waals surface area contributed by atoms with Crippen LogP contribution in [0.25, 0.3) is 11.4 Å². The van der Waals surface area contributed by atoms with Gasteiger partial charge in [0, 0.05) is 17.3 Å². The van der Waals surface area contributed by atoms with Gasteiger partial charge in [0.1, 0.15) is 0 Å². The standard InChI is InChI=1S/C13H17F2N5/c1-7(2)4-8(3)20-13(17-18-19-20)9-5-10(14)11(15)6-12(9)16/h5-8H,4,16H2,1-3H3. The molecular weight excluding hydrogens is 264 g/mol. The summed E-state index contributed by atoms with van der Waals surface area (Å²) in [4.78, 5) is 0. The van der Waals surface area contributed by atoms with Gasteiger partial charge >= 0.3 is 0 Å². The summed E-state index contributed by atoms with van der Waals surface area (Å²) in [7, 11) is 0. The van der Waals surface area contributed by atoms with Crippen LogP contribution in [0, 0.1) is 17.6 Å². The third kappa shape index (κ3) is 2.76. The SMILES string of the molecule is CC(C)CC(C)n1nnnc1-c1cc(F)c(F)cc1N. The first-order valence-electron chi connectivity index (χ1n) is 6.43. The normalized spacial score (nSPS) is 12.9. The van der Waals surface area contributed by atoms with Gasteiger partial charge in [-0.2, -0.15) is 0 Å². The molecule has 1 aromatic heterocycles. The molecule has 2 N–H and O–H groups in total. The van der Waals surface area contributed by atoms with E-state index in [9.17, 15) is 8.78 Å². The third-order valence-electron chi connectivity index (χ3n) is 3.06. The van der Waals surface area contributed by atoms with Crippen molar-refractivity contribution in [2.45, 2.75) is 33.2 Å². The van der Waals surface area contributed by atoms with Crippen LogP contribution in [0.5, 0.6) is 0 Å². The number of hydrogen-bond donors (Lipinski definition) is 1. The van der Waals surface area contributed by atoms with E-state index in [-0.39, 0.29) is 11.7 Å². The Labute approximate surface area is 115 Å². The maximum Gasteiger partial charge on any atom is 0.184 e. The maximum absolute atomic E-state index is 13.4. The van der Waals surface area contributed by atoms with Crippen LogP contribution in [0.3, 0.4) is 0 Å². The third-order valence-corrected chi connectivity index (χ3v) is 3.06. The second kappa shape index (κ2) is 5.52. The Balaban J connectivity index is 2.44. The fourth-order valence-electron chi connectivity index (χ4n) is 2.21. The number of halogens is 2. The van der Waals surface area contributed by atoms with Crippen molar-refractivity contribution in [2.75, 3.05) is 5.73 Å². The summed E-state index contributed by atoms with van der Waals surface area (Å²) in [6.07, 6.45) is 0.863. The van der Waals surface area contributed by atoms with E-state index in [2.05, 4.69) is 29.4 Å². The van der Waals surface area contributed by atoms with Crippen molar-refractivity contribution >= 4 is 5.69 Å². The summed E-state index contributed by atoms with van der Waals surface area (Å²) in [6, 6.07) is 2.00. The van der Waals surface area contributed by atoms with Gasteiger partial charge in [-0.15, -0.1) is 5.10 Å². The smallest absolute Gasteiger partial charge is 0.184 e. The topological polar surface area (TPSA) is 69.6 Å². The molecule has 0 aliphatic rings. The van der Waals surface area contributed by atoms with Gasteiger partial charge in [-0.1, -0.05) is 13.8 Å². The van der Waals surface area contributed by atoms with E-state index < -0.39 is 11.6 Å². The summed E-state index contributed by atoms with van der Waals surface area (Å²) in [6.45, 7) is 6.15. The van der Waals surface area contributed by atoms with Gasteiger partial charge in [0.15, 0.2) is 17.5 Å². The Kier molecular flexibility index (Phi) is 3.96. The van der Waals surface area contributed by atoms with Crippen molar-refractivity contribution in [1.29, 1.82) is 0 Å². The molecular formula is C13H17F2N5. The predicted octanol–water partition coefficient (Wildman–Crippen LogP) is 2.81. The van der Waals surface area contributed by atoms with Gasteiger partial charge in [-0.3, -0.25) is 0 Å². The van der Waals surface area contributed by atoms with Crippen LogP contribution in [0.2, 0.25) is 0 Å². The molecule has 1 aromatic carbocycles. The van der Waals surface area contributed by atoms with Gasteiger partial charge in [0.05, 0.1) is 6.04 Å². The van der Waals surface area contributed by atoms with Crippen LogP contribution in [-0.2, 0) is 0 Å². The zero-order chi connectivity index (χ0) is 14.9. The number of tetrazole rings is 1. The monoisotopic (exact) mass is 281 g/mol. The molecule has 0 saturated heterocycles. The van der Waals surface area contributed by atoms with Crippen LogP contribution in [-0.4, -0.2) is 20.2 Å². The molecule has 7 heteroatoms. The van der Waals surface area contributed by atoms with E-state index in [1.807, 2.05) is 6.92 Å². The minimum atomic E-state index is -0.986. The van der Waals surface area contributed by atoms with Crippen molar-refractivity contribution in [3.05, 3.63) is 23.8 Å². The van der Waals surface area contributed by atoms with Crippen LogP contribution >= 0.6 is 0 Å². The lowest BCUT2D eigenvalue weighted by Gasteiger charge is -2.16. The zero-order valence-electron chi connectivity index (χ0n) is 11.6. The highest BCUT2D eigenvalue weighted by molar-refractivity contribution is 5.71. The number of benzene rings is 1. The Hall–Kier alpha value is -2.05. The van der Waals surface area contributed by atoms with E-state index >= 15 is 0 Å². The van der Waals surface area contributed by atoms with Crippen LogP contribution in [0.4, 0.5) is 14.5 Å². The Bertz CT molecular complexity index is 609. The van der Waals surface area contributed by atoms with Gasteiger partial charge in [0.25, 0.3) is 0 Å². The van der Waals surface area contributed by atoms with Gasteiger partial charge in [-0.25, -0.2) is 13.5 Å². The molecule has 1 heterocycles. The molecule has 0 spiro atoms. The van der Waals surface area contributed by atoms with Gasteiger partial charge < -0.3 is 5.73 Å². The highest BCUT2D eigenvalue weighted by Crippen LogP contribution is 2.28. The summed E-state index contributed by atoms with van der Waals surface area (Å²) < 4.78 is 28.1. The van der Waals surface area contributed by atoms with E-state index in [0.717, 1.165) is 18.6 Å². The number of rotatable bonds is 4. The summed E-state index contributed by atoms with van der Waals surface area (Å²) in [5.41, 5.74) is 6.14. The molecule has 0 aliphatic heterocycles. The van der Waals surface area contributed by atoms with Crippen molar-refractivity contribution in [2.24, 2.45) is 5.92 Å². The molecule has 20 heavy (non-hydrogen) atoms. The number of nitrogen functional groups attached to an aromatic ring is 1. The molecule has 0 amide bonds. The molecule has 1 atom stereocenters. The molecule has 0 bridgehead atoms.